The van der Waals surface area contributed by atoms with E-state index in [1.165, 1.54) is 0 Å². The Labute approximate surface area is 271 Å². The Bertz CT molecular complexity index is 1480. The van der Waals surface area contributed by atoms with Crippen molar-refractivity contribution in [2.75, 3.05) is 11.9 Å². The number of carbonyl (C=O) groups excluding carboxylic acids is 2. The lowest BCUT2D eigenvalue weighted by Crippen LogP contribution is -2.40. The van der Waals surface area contributed by atoms with E-state index >= 15 is 0 Å². The van der Waals surface area contributed by atoms with Crippen molar-refractivity contribution in [1.29, 1.82) is 0 Å². The molecule has 1 saturated carbocycles. The normalized spacial score (nSPS) is 16.3. The molecule has 1 aliphatic carbocycles. The van der Waals surface area contributed by atoms with Gasteiger partial charge in [0, 0.05) is 29.2 Å². The molecule has 2 N–H and O–H groups in total. The van der Waals surface area contributed by atoms with E-state index in [0.29, 0.717) is 19.3 Å². The fourth-order valence-corrected chi connectivity index (χ4v) is 6.98. The maximum absolute atomic E-state index is 13.8. The maximum Gasteiger partial charge on any atom is 0.329 e. The van der Waals surface area contributed by atoms with Gasteiger partial charge in [0.1, 0.15) is 24.2 Å². The Balaban J connectivity index is 1.36. The highest BCUT2D eigenvalue weighted by molar-refractivity contribution is 5.93. The fraction of sp³-hybridized carbons (Fsp3) is 0.447. The van der Waals surface area contributed by atoms with Crippen molar-refractivity contribution in [3.63, 3.8) is 0 Å². The number of ether oxygens (including phenoxy) is 3. The lowest BCUT2D eigenvalue weighted by molar-refractivity contribution is -0.158. The highest BCUT2D eigenvalue weighted by Gasteiger charge is 2.34. The molecule has 2 atom stereocenters. The standard InChI is InChI=1S/C38H45NO7/c1-38(2,3)30-19-17-25(18-20-34(44-23-36(42)43)37(45-24-40)26-11-5-4-6-12-26)21-31(30)39-35(41)22-29-27-13-7-9-15-32(27)46-33-16-10-8-14-28(29)33/h7-10,13-17,19,21,24,26,29,34,37H,4-6,11-12,18,20,22-23H2,1-3H3,(H,39,41)(H,42,43). The quantitative estimate of drug-likeness (QED) is 0.186. The lowest BCUT2D eigenvalue weighted by atomic mass is 9.81. The molecule has 2 aliphatic rings. The molecule has 2 unspecified atom stereocenters. The zero-order valence-corrected chi connectivity index (χ0v) is 27.0. The topological polar surface area (TPSA) is 111 Å². The molecule has 0 spiro atoms. The average Bonchev–Trinajstić information content (AvgIpc) is 3.03. The Morgan fingerprint density at radius 1 is 0.978 bits per heavy atom. The summed E-state index contributed by atoms with van der Waals surface area (Å²) in [6.07, 6.45) is 5.32. The number of anilines is 1. The van der Waals surface area contributed by atoms with Gasteiger partial charge >= 0.3 is 5.97 Å². The van der Waals surface area contributed by atoms with Crippen molar-refractivity contribution in [2.24, 2.45) is 5.92 Å². The maximum atomic E-state index is 13.8. The first-order valence-electron chi connectivity index (χ1n) is 16.4. The SMILES string of the molecule is CC(C)(C)c1ccc(CCC(OCC(=O)O)C(OC=O)C2CCCCC2)cc1NC(=O)CC1c2ccccc2Oc2ccccc21. The minimum absolute atomic E-state index is 0.0985. The molecule has 8 heteroatoms. The van der Waals surface area contributed by atoms with Crippen molar-refractivity contribution >= 4 is 24.0 Å². The third-order valence-corrected chi connectivity index (χ3v) is 9.20. The number of aliphatic carboxylic acids is 1. The van der Waals surface area contributed by atoms with Gasteiger partial charge in [-0.1, -0.05) is 88.6 Å². The van der Waals surface area contributed by atoms with Gasteiger partial charge in [-0.05, 0) is 66.3 Å². The number of carbonyl (C=O) groups is 3. The second-order valence-corrected chi connectivity index (χ2v) is 13.5. The molecule has 8 nitrogen and oxygen atoms in total. The number of hydrogen-bond acceptors (Lipinski definition) is 6. The summed E-state index contributed by atoms with van der Waals surface area (Å²) < 4.78 is 17.5. The number of rotatable bonds is 13. The number of amides is 1. The van der Waals surface area contributed by atoms with Crippen LogP contribution in [0.15, 0.2) is 66.7 Å². The zero-order valence-electron chi connectivity index (χ0n) is 27.0. The van der Waals surface area contributed by atoms with E-state index < -0.39 is 24.8 Å². The predicted molar refractivity (Wildman–Crippen MR) is 176 cm³/mol. The molecule has 1 amide bonds. The Morgan fingerprint density at radius 3 is 2.24 bits per heavy atom. The second kappa shape index (κ2) is 14.9. The molecule has 1 fully saturated rings. The van der Waals surface area contributed by atoms with Crippen molar-refractivity contribution in [3.8, 4) is 11.5 Å². The number of aryl methyl sites for hydroxylation is 1. The summed E-state index contributed by atoms with van der Waals surface area (Å²) in [5.41, 5.74) is 4.48. The first-order chi connectivity index (χ1) is 22.1. The molecule has 0 aromatic heterocycles. The Morgan fingerprint density at radius 2 is 1.63 bits per heavy atom. The van der Waals surface area contributed by atoms with Gasteiger partial charge in [0.2, 0.25) is 5.91 Å². The Kier molecular flexibility index (Phi) is 10.8. The fourth-order valence-electron chi connectivity index (χ4n) is 6.98. The van der Waals surface area contributed by atoms with E-state index in [4.69, 9.17) is 14.2 Å². The highest BCUT2D eigenvalue weighted by atomic mass is 16.6. The molecular formula is C38H45NO7. The van der Waals surface area contributed by atoms with Crippen LogP contribution in [0.25, 0.3) is 0 Å². The van der Waals surface area contributed by atoms with E-state index in [-0.39, 0.29) is 29.6 Å². The number of carboxylic acid groups (broad SMARTS) is 1. The number of fused-ring (bicyclic) bond motifs is 2. The Hall–Kier alpha value is -4.17. The summed E-state index contributed by atoms with van der Waals surface area (Å²) in [7, 11) is 0. The summed E-state index contributed by atoms with van der Waals surface area (Å²) in [6.45, 7) is 6.34. The lowest BCUT2D eigenvalue weighted by Gasteiger charge is -2.34. The summed E-state index contributed by atoms with van der Waals surface area (Å²) in [5.74, 6) is 0.356. The molecular weight excluding hydrogens is 582 g/mol. The van der Waals surface area contributed by atoms with Gasteiger partial charge in [-0.25, -0.2) is 4.79 Å². The van der Waals surface area contributed by atoms with E-state index in [2.05, 4.69) is 32.2 Å². The summed E-state index contributed by atoms with van der Waals surface area (Å²) >= 11 is 0. The van der Waals surface area contributed by atoms with Crippen molar-refractivity contribution < 1.29 is 33.7 Å². The van der Waals surface area contributed by atoms with Crippen molar-refractivity contribution in [3.05, 3.63) is 89.0 Å². The van der Waals surface area contributed by atoms with Gasteiger partial charge in [0.25, 0.3) is 6.47 Å². The highest BCUT2D eigenvalue weighted by Crippen LogP contribution is 2.45. The summed E-state index contributed by atoms with van der Waals surface area (Å²) in [4.78, 5) is 36.7. The summed E-state index contributed by atoms with van der Waals surface area (Å²) in [5, 5.41) is 12.6. The smallest absolute Gasteiger partial charge is 0.329 e. The first kappa shape index (κ1) is 33.2. The van der Waals surface area contributed by atoms with Gasteiger partial charge < -0.3 is 24.6 Å². The van der Waals surface area contributed by atoms with Crippen LogP contribution < -0.4 is 10.1 Å². The second-order valence-electron chi connectivity index (χ2n) is 13.5. The summed E-state index contributed by atoms with van der Waals surface area (Å²) in [6, 6.07) is 21.8. The van der Waals surface area contributed by atoms with Gasteiger partial charge in [-0.2, -0.15) is 0 Å². The zero-order chi connectivity index (χ0) is 32.7. The monoisotopic (exact) mass is 627 g/mol. The molecule has 46 heavy (non-hydrogen) atoms. The van der Waals surface area contributed by atoms with Crippen LogP contribution in [-0.2, 0) is 35.7 Å². The molecule has 3 aromatic carbocycles. The minimum atomic E-state index is -1.06. The van der Waals surface area contributed by atoms with Crippen LogP contribution in [0.1, 0.15) is 93.9 Å². The van der Waals surface area contributed by atoms with Crippen LogP contribution in [0.2, 0.25) is 0 Å². The average molecular weight is 628 g/mol. The van der Waals surface area contributed by atoms with Crippen molar-refractivity contribution in [2.45, 2.75) is 95.7 Å². The number of benzene rings is 3. The largest absolute Gasteiger partial charge is 0.480 e. The van der Waals surface area contributed by atoms with Crippen LogP contribution in [0.5, 0.6) is 11.5 Å². The molecule has 0 bridgehead atoms. The van der Waals surface area contributed by atoms with E-state index in [1.54, 1.807) is 0 Å². The predicted octanol–water partition coefficient (Wildman–Crippen LogP) is 7.77. The van der Waals surface area contributed by atoms with Crippen LogP contribution in [0.3, 0.4) is 0 Å². The molecule has 3 aromatic rings. The first-order valence-corrected chi connectivity index (χ1v) is 16.4. The van der Waals surface area contributed by atoms with Gasteiger partial charge in [0.05, 0.1) is 6.10 Å². The molecule has 244 valence electrons. The van der Waals surface area contributed by atoms with Gasteiger partial charge in [-0.3, -0.25) is 9.59 Å². The third kappa shape index (κ3) is 8.15. The molecule has 0 saturated heterocycles. The number of para-hydroxylation sites is 2. The molecule has 0 radical (unpaired) electrons. The number of nitrogens with one attached hydrogen (secondary N) is 1. The molecule has 5 rings (SSSR count). The van der Waals surface area contributed by atoms with E-state index in [1.807, 2.05) is 60.7 Å². The van der Waals surface area contributed by atoms with Gasteiger partial charge in [-0.15, -0.1) is 0 Å². The molecule has 1 aliphatic heterocycles. The van der Waals surface area contributed by atoms with Crippen LogP contribution in [-0.4, -0.2) is 42.3 Å². The third-order valence-electron chi connectivity index (χ3n) is 9.20. The van der Waals surface area contributed by atoms with Crippen LogP contribution in [0, 0.1) is 5.92 Å². The van der Waals surface area contributed by atoms with Crippen LogP contribution >= 0.6 is 0 Å². The number of hydrogen-bond donors (Lipinski definition) is 2. The minimum Gasteiger partial charge on any atom is -0.480 e. The van der Waals surface area contributed by atoms with E-state index in [9.17, 15) is 19.5 Å². The van der Waals surface area contributed by atoms with E-state index in [0.717, 1.165) is 71.5 Å². The van der Waals surface area contributed by atoms with Crippen molar-refractivity contribution in [1.82, 2.24) is 0 Å². The molecule has 1 heterocycles. The van der Waals surface area contributed by atoms with Gasteiger partial charge in [0.15, 0.2) is 0 Å². The number of carboxylic acids is 1. The van der Waals surface area contributed by atoms with Crippen LogP contribution in [0.4, 0.5) is 5.69 Å².